The SMILES string of the molecule is NC(=O)C[C@H]1SC(=Nc2ccccc2)N(Cc2ccccc2)C1=O. The van der Waals surface area contributed by atoms with Crippen molar-refractivity contribution < 1.29 is 9.59 Å². The molecule has 2 N–H and O–H groups in total. The monoisotopic (exact) mass is 339 g/mol. The van der Waals surface area contributed by atoms with E-state index in [0.29, 0.717) is 11.7 Å². The van der Waals surface area contributed by atoms with Gasteiger partial charge in [-0.2, -0.15) is 0 Å². The number of thioether (sulfide) groups is 1. The Morgan fingerprint density at radius 1 is 1.08 bits per heavy atom. The molecule has 6 heteroatoms. The van der Waals surface area contributed by atoms with Crippen molar-refractivity contribution in [3.63, 3.8) is 0 Å². The number of carbonyl (C=O) groups excluding carboxylic acids is 2. The Kier molecular flexibility index (Phi) is 4.96. The molecule has 0 saturated carbocycles. The third-order valence-corrected chi connectivity index (χ3v) is 4.75. The van der Waals surface area contributed by atoms with Gasteiger partial charge in [-0.15, -0.1) is 0 Å². The molecule has 0 aromatic heterocycles. The van der Waals surface area contributed by atoms with Gasteiger partial charge >= 0.3 is 0 Å². The highest BCUT2D eigenvalue weighted by Gasteiger charge is 2.38. The molecule has 2 amide bonds. The number of nitrogens with zero attached hydrogens (tertiary/aromatic N) is 2. The molecule has 1 saturated heterocycles. The van der Waals surface area contributed by atoms with Gasteiger partial charge in [-0.3, -0.25) is 14.5 Å². The maximum Gasteiger partial charge on any atom is 0.242 e. The molecule has 0 aliphatic carbocycles. The molecular formula is C18H17N3O2S. The highest BCUT2D eigenvalue weighted by Crippen LogP contribution is 2.32. The first-order valence-electron chi connectivity index (χ1n) is 7.57. The summed E-state index contributed by atoms with van der Waals surface area (Å²) in [5.74, 6) is -0.612. The van der Waals surface area contributed by atoms with Gasteiger partial charge in [-0.25, -0.2) is 4.99 Å². The molecule has 5 nitrogen and oxygen atoms in total. The Hall–Kier alpha value is -2.60. The van der Waals surface area contributed by atoms with Crippen LogP contribution in [0, 0.1) is 0 Å². The number of carbonyl (C=O) groups is 2. The smallest absolute Gasteiger partial charge is 0.242 e. The largest absolute Gasteiger partial charge is 0.370 e. The van der Waals surface area contributed by atoms with Crippen LogP contribution in [0.2, 0.25) is 0 Å². The van der Waals surface area contributed by atoms with Gasteiger partial charge in [0.05, 0.1) is 12.2 Å². The van der Waals surface area contributed by atoms with Gasteiger partial charge in [0.15, 0.2) is 5.17 Å². The molecule has 122 valence electrons. The Morgan fingerprint density at radius 2 is 1.71 bits per heavy atom. The maximum absolute atomic E-state index is 12.7. The van der Waals surface area contributed by atoms with Crippen LogP contribution in [-0.2, 0) is 16.1 Å². The first-order valence-corrected chi connectivity index (χ1v) is 8.45. The molecule has 2 aromatic rings. The number of amides is 2. The van der Waals surface area contributed by atoms with Crippen LogP contribution in [0.25, 0.3) is 0 Å². The van der Waals surface area contributed by atoms with Crippen molar-refractivity contribution in [2.24, 2.45) is 10.7 Å². The summed E-state index contributed by atoms with van der Waals surface area (Å²) in [4.78, 5) is 30.1. The van der Waals surface area contributed by atoms with Crippen molar-refractivity contribution in [3.05, 3.63) is 66.2 Å². The van der Waals surface area contributed by atoms with Crippen molar-refractivity contribution in [2.75, 3.05) is 0 Å². The van der Waals surface area contributed by atoms with Crippen LogP contribution in [0.15, 0.2) is 65.7 Å². The van der Waals surface area contributed by atoms with E-state index in [1.807, 2.05) is 60.7 Å². The molecular weight excluding hydrogens is 322 g/mol. The first-order chi connectivity index (χ1) is 11.6. The third kappa shape index (κ3) is 3.83. The molecule has 0 bridgehead atoms. The van der Waals surface area contributed by atoms with E-state index in [4.69, 9.17) is 5.73 Å². The van der Waals surface area contributed by atoms with E-state index >= 15 is 0 Å². The van der Waals surface area contributed by atoms with Crippen molar-refractivity contribution in [1.82, 2.24) is 4.90 Å². The predicted molar refractivity (Wildman–Crippen MR) is 95.7 cm³/mol. The third-order valence-electron chi connectivity index (χ3n) is 3.57. The summed E-state index contributed by atoms with van der Waals surface area (Å²) in [5, 5.41) is 0.0926. The second-order valence-electron chi connectivity index (χ2n) is 5.42. The lowest BCUT2D eigenvalue weighted by atomic mass is 10.2. The number of aliphatic imine (C=N–C) groups is 1. The van der Waals surface area contributed by atoms with Crippen LogP contribution in [0.4, 0.5) is 5.69 Å². The van der Waals surface area contributed by atoms with Gasteiger partial charge in [0.25, 0.3) is 0 Å². The fraction of sp³-hybridized carbons (Fsp3) is 0.167. The molecule has 0 spiro atoms. The van der Waals surface area contributed by atoms with Gasteiger partial charge in [-0.1, -0.05) is 60.3 Å². The lowest BCUT2D eigenvalue weighted by molar-refractivity contribution is -0.128. The molecule has 1 aliphatic heterocycles. The molecule has 0 unspecified atom stereocenters. The summed E-state index contributed by atoms with van der Waals surface area (Å²) >= 11 is 1.29. The Labute approximate surface area is 144 Å². The second-order valence-corrected chi connectivity index (χ2v) is 6.59. The van der Waals surface area contributed by atoms with E-state index in [1.165, 1.54) is 11.8 Å². The van der Waals surface area contributed by atoms with Crippen molar-refractivity contribution >= 4 is 34.4 Å². The van der Waals surface area contributed by atoms with Crippen molar-refractivity contribution in [2.45, 2.75) is 18.2 Å². The van der Waals surface area contributed by atoms with E-state index in [1.54, 1.807) is 4.90 Å². The lowest BCUT2D eigenvalue weighted by Gasteiger charge is -2.16. The molecule has 1 fully saturated rings. The quantitative estimate of drug-likeness (QED) is 0.910. The number of rotatable bonds is 5. The average Bonchev–Trinajstić information content (AvgIpc) is 2.85. The van der Waals surface area contributed by atoms with Crippen molar-refractivity contribution in [3.8, 4) is 0 Å². The van der Waals surface area contributed by atoms with Crippen LogP contribution in [0.3, 0.4) is 0 Å². The first kappa shape index (κ1) is 16.3. The fourth-order valence-corrected chi connectivity index (χ4v) is 3.60. The van der Waals surface area contributed by atoms with Gasteiger partial charge in [0.2, 0.25) is 11.8 Å². The maximum atomic E-state index is 12.7. The predicted octanol–water partition coefficient (Wildman–Crippen LogP) is 2.69. The second kappa shape index (κ2) is 7.31. The van der Waals surface area contributed by atoms with E-state index < -0.39 is 11.2 Å². The average molecular weight is 339 g/mol. The summed E-state index contributed by atoms with van der Waals surface area (Å²) < 4.78 is 0. The molecule has 24 heavy (non-hydrogen) atoms. The van der Waals surface area contributed by atoms with Crippen LogP contribution in [0.5, 0.6) is 0 Å². The van der Waals surface area contributed by atoms with Gasteiger partial charge in [0.1, 0.15) is 5.25 Å². The van der Waals surface area contributed by atoms with Crippen molar-refractivity contribution in [1.29, 1.82) is 0 Å². The number of benzene rings is 2. The lowest BCUT2D eigenvalue weighted by Crippen LogP contribution is -2.33. The minimum absolute atomic E-state index is 0.0165. The Morgan fingerprint density at radius 3 is 2.33 bits per heavy atom. The minimum Gasteiger partial charge on any atom is -0.370 e. The topological polar surface area (TPSA) is 75.8 Å². The molecule has 1 atom stereocenters. The van der Waals surface area contributed by atoms with E-state index in [0.717, 1.165) is 11.3 Å². The number of primary amides is 1. The summed E-state index contributed by atoms with van der Waals surface area (Å²) in [6, 6.07) is 19.1. The van der Waals surface area contributed by atoms with E-state index in [-0.39, 0.29) is 12.3 Å². The Balaban J connectivity index is 1.89. The molecule has 3 rings (SSSR count). The highest BCUT2D eigenvalue weighted by atomic mass is 32.2. The number of hydrogen-bond acceptors (Lipinski definition) is 4. The molecule has 2 aromatic carbocycles. The van der Waals surface area contributed by atoms with Gasteiger partial charge in [-0.05, 0) is 17.7 Å². The van der Waals surface area contributed by atoms with E-state index in [2.05, 4.69) is 4.99 Å². The normalized spacial score (nSPS) is 19.0. The summed E-state index contributed by atoms with van der Waals surface area (Å²) in [5.41, 5.74) is 7.04. The zero-order valence-corrected chi connectivity index (χ0v) is 13.8. The summed E-state index contributed by atoms with van der Waals surface area (Å²) in [6.07, 6.45) is 0.0165. The van der Waals surface area contributed by atoms with Crippen LogP contribution < -0.4 is 5.73 Å². The zero-order chi connectivity index (χ0) is 16.9. The number of nitrogens with two attached hydrogens (primary N) is 1. The number of para-hydroxylation sites is 1. The molecule has 1 aliphatic rings. The van der Waals surface area contributed by atoms with Gasteiger partial charge in [0, 0.05) is 6.42 Å². The fourth-order valence-electron chi connectivity index (χ4n) is 2.43. The number of amidine groups is 1. The Bertz CT molecular complexity index is 762. The summed E-state index contributed by atoms with van der Waals surface area (Å²) in [7, 11) is 0. The van der Waals surface area contributed by atoms with E-state index in [9.17, 15) is 9.59 Å². The minimum atomic E-state index is -0.506. The standard InChI is InChI=1S/C18H17N3O2S/c19-16(22)11-15-17(23)21(12-13-7-3-1-4-8-13)18(24-15)20-14-9-5-2-6-10-14/h1-10,15H,11-12H2,(H2,19,22)/t15-/m1/s1. The van der Waals surface area contributed by atoms with Crippen LogP contribution >= 0.6 is 11.8 Å². The highest BCUT2D eigenvalue weighted by molar-refractivity contribution is 8.15. The van der Waals surface area contributed by atoms with Gasteiger partial charge < -0.3 is 5.73 Å². The number of hydrogen-bond donors (Lipinski definition) is 1. The van der Waals surface area contributed by atoms with Crippen LogP contribution in [0.1, 0.15) is 12.0 Å². The molecule has 1 heterocycles. The molecule has 0 radical (unpaired) electrons. The zero-order valence-electron chi connectivity index (χ0n) is 13.0. The summed E-state index contributed by atoms with van der Waals surface area (Å²) in [6.45, 7) is 0.424. The van der Waals surface area contributed by atoms with Crippen LogP contribution in [-0.4, -0.2) is 27.1 Å².